The molecular weight excluding hydrogens is 234 g/mol. The molecule has 1 N–H and O–H groups in total. The maximum absolute atomic E-state index is 5.95. The van der Waals surface area contributed by atoms with E-state index in [1.54, 1.807) is 0 Å². The van der Waals surface area contributed by atoms with Gasteiger partial charge in [0.1, 0.15) is 0 Å². The van der Waals surface area contributed by atoms with E-state index < -0.39 is 0 Å². The molecule has 17 heavy (non-hydrogen) atoms. The molecular formula is C13H24ClN3. The SMILES string of the molecule is Cc1nn(CCCCCCNC(C)C)cc1Cl. The van der Waals surface area contributed by atoms with Crippen molar-refractivity contribution in [2.45, 2.75) is 59.0 Å². The van der Waals surface area contributed by atoms with Crippen LogP contribution in [0.5, 0.6) is 0 Å². The summed E-state index contributed by atoms with van der Waals surface area (Å²) in [5, 5.41) is 8.54. The van der Waals surface area contributed by atoms with Crippen LogP contribution in [-0.4, -0.2) is 22.4 Å². The third kappa shape index (κ3) is 6.08. The fraction of sp³-hybridized carbons (Fsp3) is 0.769. The lowest BCUT2D eigenvalue weighted by Crippen LogP contribution is -2.23. The van der Waals surface area contributed by atoms with E-state index in [0.717, 1.165) is 23.8 Å². The first-order valence-corrected chi connectivity index (χ1v) is 6.90. The molecule has 0 fully saturated rings. The fourth-order valence-corrected chi connectivity index (χ4v) is 1.90. The summed E-state index contributed by atoms with van der Waals surface area (Å²) >= 11 is 5.95. The Bertz CT molecular complexity index is 301. The van der Waals surface area contributed by atoms with Crippen molar-refractivity contribution in [1.82, 2.24) is 15.1 Å². The van der Waals surface area contributed by atoms with Gasteiger partial charge in [-0.15, -0.1) is 0 Å². The monoisotopic (exact) mass is 257 g/mol. The quantitative estimate of drug-likeness (QED) is 0.724. The van der Waals surface area contributed by atoms with E-state index in [4.69, 9.17) is 11.6 Å². The van der Waals surface area contributed by atoms with E-state index >= 15 is 0 Å². The van der Waals surface area contributed by atoms with E-state index in [-0.39, 0.29) is 0 Å². The molecule has 0 aliphatic rings. The lowest BCUT2D eigenvalue weighted by molar-refractivity contribution is 0.509. The van der Waals surface area contributed by atoms with E-state index in [9.17, 15) is 0 Å². The van der Waals surface area contributed by atoms with Gasteiger partial charge in [-0.1, -0.05) is 38.3 Å². The predicted molar refractivity (Wildman–Crippen MR) is 73.6 cm³/mol. The molecule has 3 nitrogen and oxygen atoms in total. The summed E-state index contributed by atoms with van der Waals surface area (Å²) in [6.45, 7) is 8.42. The lowest BCUT2D eigenvalue weighted by atomic mass is 10.2. The summed E-state index contributed by atoms with van der Waals surface area (Å²) in [4.78, 5) is 0. The molecule has 1 heterocycles. The zero-order valence-electron chi connectivity index (χ0n) is 11.2. The number of nitrogens with zero attached hydrogens (tertiary/aromatic N) is 2. The maximum atomic E-state index is 5.95. The number of hydrogen-bond acceptors (Lipinski definition) is 2. The van der Waals surface area contributed by atoms with Crippen molar-refractivity contribution in [1.29, 1.82) is 0 Å². The number of nitrogens with one attached hydrogen (secondary N) is 1. The Labute approximate surface area is 110 Å². The van der Waals surface area contributed by atoms with Crippen molar-refractivity contribution in [2.75, 3.05) is 6.54 Å². The first-order valence-electron chi connectivity index (χ1n) is 6.52. The van der Waals surface area contributed by atoms with Gasteiger partial charge in [-0.3, -0.25) is 4.68 Å². The van der Waals surface area contributed by atoms with Gasteiger partial charge in [0.2, 0.25) is 0 Å². The largest absolute Gasteiger partial charge is 0.315 e. The Morgan fingerprint density at radius 3 is 2.59 bits per heavy atom. The van der Waals surface area contributed by atoms with Crippen molar-refractivity contribution in [3.05, 3.63) is 16.9 Å². The molecule has 1 aromatic heterocycles. The molecule has 0 unspecified atom stereocenters. The first-order chi connectivity index (χ1) is 8.09. The number of aryl methyl sites for hydroxylation is 2. The second kappa shape index (κ2) is 7.72. The Kier molecular flexibility index (Phi) is 6.60. The third-order valence-electron chi connectivity index (χ3n) is 2.75. The summed E-state index contributed by atoms with van der Waals surface area (Å²) in [5.74, 6) is 0. The highest BCUT2D eigenvalue weighted by molar-refractivity contribution is 6.31. The van der Waals surface area contributed by atoms with Crippen LogP contribution in [0.1, 0.15) is 45.2 Å². The van der Waals surface area contributed by atoms with Crippen LogP contribution in [0.15, 0.2) is 6.20 Å². The zero-order valence-corrected chi connectivity index (χ0v) is 11.9. The molecule has 0 spiro atoms. The maximum Gasteiger partial charge on any atom is 0.0814 e. The summed E-state index contributed by atoms with van der Waals surface area (Å²) in [6.07, 6.45) is 6.90. The van der Waals surface area contributed by atoms with E-state index in [1.165, 1.54) is 25.7 Å². The van der Waals surface area contributed by atoms with Crippen LogP contribution in [0.2, 0.25) is 5.02 Å². The molecule has 0 saturated carbocycles. The Morgan fingerprint density at radius 2 is 2.00 bits per heavy atom. The van der Waals surface area contributed by atoms with E-state index in [1.807, 2.05) is 17.8 Å². The Hall–Kier alpha value is -0.540. The average molecular weight is 258 g/mol. The number of unbranched alkanes of at least 4 members (excludes halogenated alkanes) is 3. The second-order valence-corrected chi connectivity index (χ2v) is 5.26. The molecule has 0 saturated heterocycles. The number of rotatable bonds is 8. The highest BCUT2D eigenvalue weighted by atomic mass is 35.5. The smallest absolute Gasteiger partial charge is 0.0814 e. The second-order valence-electron chi connectivity index (χ2n) is 4.85. The Balaban J connectivity index is 2.01. The van der Waals surface area contributed by atoms with Gasteiger partial charge >= 0.3 is 0 Å². The normalized spacial score (nSPS) is 11.4. The van der Waals surface area contributed by atoms with Gasteiger partial charge in [-0.25, -0.2) is 0 Å². The minimum Gasteiger partial charge on any atom is -0.315 e. The average Bonchev–Trinajstić information content (AvgIpc) is 2.56. The van der Waals surface area contributed by atoms with Crippen molar-refractivity contribution in [3.63, 3.8) is 0 Å². The first kappa shape index (κ1) is 14.5. The van der Waals surface area contributed by atoms with Gasteiger partial charge in [-0.2, -0.15) is 5.10 Å². The van der Waals surface area contributed by atoms with Gasteiger partial charge in [0.25, 0.3) is 0 Å². The van der Waals surface area contributed by atoms with Gasteiger partial charge in [0, 0.05) is 18.8 Å². The van der Waals surface area contributed by atoms with Gasteiger partial charge in [0.05, 0.1) is 10.7 Å². The lowest BCUT2D eigenvalue weighted by Gasteiger charge is -2.07. The molecule has 0 atom stereocenters. The molecule has 1 rings (SSSR count). The Morgan fingerprint density at radius 1 is 1.29 bits per heavy atom. The molecule has 0 radical (unpaired) electrons. The molecule has 0 bridgehead atoms. The number of halogens is 1. The molecule has 0 aromatic carbocycles. The molecule has 0 aliphatic carbocycles. The van der Waals surface area contributed by atoms with E-state index in [0.29, 0.717) is 6.04 Å². The van der Waals surface area contributed by atoms with Gasteiger partial charge in [-0.05, 0) is 26.3 Å². The van der Waals surface area contributed by atoms with Crippen molar-refractivity contribution in [3.8, 4) is 0 Å². The zero-order chi connectivity index (χ0) is 12.7. The topological polar surface area (TPSA) is 29.9 Å². The predicted octanol–water partition coefficient (Wildman–Crippen LogP) is 3.40. The van der Waals surface area contributed by atoms with Crippen LogP contribution in [0.3, 0.4) is 0 Å². The van der Waals surface area contributed by atoms with Crippen LogP contribution < -0.4 is 5.32 Å². The van der Waals surface area contributed by atoms with Crippen LogP contribution in [-0.2, 0) is 6.54 Å². The number of hydrogen-bond donors (Lipinski definition) is 1. The van der Waals surface area contributed by atoms with Gasteiger partial charge in [0.15, 0.2) is 0 Å². The van der Waals surface area contributed by atoms with Crippen LogP contribution in [0.25, 0.3) is 0 Å². The third-order valence-corrected chi connectivity index (χ3v) is 3.12. The van der Waals surface area contributed by atoms with Gasteiger partial charge < -0.3 is 5.32 Å². The standard InChI is InChI=1S/C13H24ClN3/c1-11(2)15-8-6-4-5-7-9-17-10-13(14)12(3)16-17/h10-11,15H,4-9H2,1-3H3. The van der Waals surface area contributed by atoms with Crippen molar-refractivity contribution < 1.29 is 0 Å². The van der Waals surface area contributed by atoms with E-state index in [2.05, 4.69) is 24.3 Å². The molecule has 4 heteroatoms. The summed E-state index contributed by atoms with van der Waals surface area (Å²) in [5.41, 5.74) is 0.924. The van der Waals surface area contributed by atoms with Crippen LogP contribution >= 0.6 is 11.6 Å². The van der Waals surface area contributed by atoms with Crippen LogP contribution in [0, 0.1) is 6.92 Å². The minimum absolute atomic E-state index is 0.601. The van der Waals surface area contributed by atoms with Crippen molar-refractivity contribution in [2.24, 2.45) is 0 Å². The highest BCUT2D eigenvalue weighted by Gasteiger charge is 2.01. The molecule has 0 aliphatic heterocycles. The summed E-state index contributed by atoms with van der Waals surface area (Å²) in [7, 11) is 0. The number of aromatic nitrogens is 2. The summed E-state index contributed by atoms with van der Waals surface area (Å²) in [6, 6.07) is 0.601. The molecule has 0 amide bonds. The van der Waals surface area contributed by atoms with Crippen LogP contribution in [0.4, 0.5) is 0 Å². The molecule has 1 aromatic rings. The summed E-state index contributed by atoms with van der Waals surface area (Å²) < 4.78 is 1.95. The molecule has 98 valence electrons. The van der Waals surface area contributed by atoms with Crippen molar-refractivity contribution >= 4 is 11.6 Å². The fourth-order valence-electron chi connectivity index (χ4n) is 1.75. The minimum atomic E-state index is 0.601. The highest BCUT2D eigenvalue weighted by Crippen LogP contribution is 2.12.